The number of aromatic nitrogens is 2. The van der Waals surface area contributed by atoms with Gasteiger partial charge in [-0.05, 0) is 0 Å². The van der Waals surface area contributed by atoms with Gasteiger partial charge in [0.25, 0.3) is 0 Å². The van der Waals surface area contributed by atoms with Crippen molar-refractivity contribution in [2.24, 2.45) is 0 Å². The highest BCUT2D eigenvalue weighted by molar-refractivity contribution is 7.66. The van der Waals surface area contributed by atoms with Crippen LogP contribution in [0.1, 0.15) is 6.23 Å². The quantitative estimate of drug-likeness (QED) is 0.138. The Morgan fingerprint density at radius 1 is 1.07 bits per heavy atom. The molecule has 1 aromatic heterocycles. The fourth-order valence-electron chi connectivity index (χ4n) is 2.21. The molecule has 17 nitrogen and oxygen atoms in total. The summed E-state index contributed by atoms with van der Waals surface area (Å²) in [7, 11) is -16.7. The number of phosphoric acid groups is 3. The number of aromatic amines is 1. The lowest BCUT2D eigenvalue weighted by Crippen LogP contribution is -2.47. The van der Waals surface area contributed by atoms with Gasteiger partial charge in [0.2, 0.25) is 6.23 Å². The van der Waals surface area contributed by atoms with Crippen LogP contribution in [0.2, 0.25) is 0 Å². The lowest BCUT2D eigenvalue weighted by molar-refractivity contribution is -0.772. The standard InChI is InChI=1S/C9H15N2O15P3/c12-5-1-2-11(9(15)10-5)8-7(14)6(13)4(24-8)3-23-28(19,20)26-29(21,22)25-27(16,17)18/h1-2,4,6-8,13-14H,3H2,(H5,10,12,15,16,17,18,19,20,21,22)/p+1/t4-,6-,7-,8-/m1/s1. The Labute approximate surface area is 160 Å². The molecule has 0 amide bonds. The fourth-order valence-corrected chi connectivity index (χ4v) is 5.24. The molecule has 6 atom stereocenters. The molecule has 0 radical (unpaired) electrons. The van der Waals surface area contributed by atoms with Gasteiger partial charge >= 0.3 is 35.0 Å². The molecule has 20 heteroatoms. The van der Waals surface area contributed by atoms with Gasteiger partial charge in [0.1, 0.15) is 24.5 Å². The molecule has 1 aliphatic heterocycles. The van der Waals surface area contributed by atoms with Crippen LogP contribution in [-0.2, 0) is 31.6 Å². The Bertz CT molecular complexity index is 943. The number of nitrogens with one attached hydrogen (secondary N) is 1. The minimum atomic E-state index is -5.72. The first kappa shape index (κ1) is 24.2. The summed E-state index contributed by atoms with van der Waals surface area (Å²) in [6.07, 6.45) is -5.48. The predicted octanol–water partition coefficient (Wildman–Crippen LogP) is -2.67. The molecule has 1 aromatic rings. The summed E-state index contributed by atoms with van der Waals surface area (Å²) in [5.74, 6) is 0. The zero-order chi connectivity index (χ0) is 22.2. The second-order valence-corrected chi connectivity index (χ2v) is 9.89. The van der Waals surface area contributed by atoms with Gasteiger partial charge in [0.05, 0.1) is 12.7 Å². The summed E-state index contributed by atoms with van der Waals surface area (Å²) in [5, 5.41) is 29.6. The number of rotatable bonds is 8. The predicted molar refractivity (Wildman–Crippen MR) is 84.7 cm³/mol. The van der Waals surface area contributed by atoms with Crippen LogP contribution < -0.4 is 10.1 Å². The highest BCUT2D eigenvalue weighted by atomic mass is 31.3. The van der Waals surface area contributed by atoms with Gasteiger partial charge in [0, 0.05) is 0 Å². The van der Waals surface area contributed by atoms with Crippen molar-refractivity contribution in [1.82, 2.24) is 4.98 Å². The number of hydrogen-bond donors (Lipinski definition) is 8. The van der Waals surface area contributed by atoms with Crippen molar-refractivity contribution in [2.45, 2.75) is 24.5 Å². The van der Waals surface area contributed by atoms with Gasteiger partial charge in [0.15, 0.2) is 0 Å². The Hall–Kier alpha value is -1.03. The SMILES string of the molecule is O=c1cc[n+]([C@@H]2O[C@H](COP(=O)(O)OP(=O)(O)OP(=O)(O)O)[C@@H](O)[C@H]2O)c(O)[nH]1. The molecule has 8 N–H and O–H groups in total. The molecule has 166 valence electrons. The highest BCUT2D eigenvalue weighted by Crippen LogP contribution is 2.66. The van der Waals surface area contributed by atoms with Crippen LogP contribution in [0.15, 0.2) is 17.1 Å². The van der Waals surface area contributed by atoms with Crippen molar-refractivity contribution in [3.05, 3.63) is 22.6 Å². The van der Waals surface area contributed by atoms with E-state index in [1.165, 1.54) is 0 Å². The first-order chi connectivity index (χ1) is 13.1. The second kappa shape index (κ2) is 8.61. The van der Waals surface area contributed by atoms with E-state index in [4.69, 9.17) is 19.4 Å². The third-order valence-corrected chi connectivity index (χ3v) is 7.10. The molecule has 2 rings (SSSR count). The van der Waals surface area contributed by atoms with Crippen LogP contribution in [0.3, 0.4) is 0 Å². The number of nitrogens with zero attached hydrogens (tertiary/aromatic N) is 1. The number of phosphoric ester groups is 1. The first-order valence-corrected chi connectivity index (χ1v) is 11.8. The molecule has 2 heterocycles. The monoisotopic (exact) mass is 485 g/mol. The summed E-state index contributed by atoms with van der Waals surface area (Å²) in [6.45, 7) is -1.02. The molecule has 1 saturated heterocycles. The maximum absolute atomic E-state index is 11.7. The van der Waals surface area contributed by atoms with Crippen molar-refractivity contribution in [2.75, 3.05) is 6.61 Å². The number of H-pyrrole nitrogens is 1. The molecule has 2 unspecified atom stereocenters. The Balaban J connectivity index is 2.05. The molecule has 0 bridgehead atoms. The fraction of sp³-hybridized carbons (Fsp3) is 0.556. The molecule has 0 aliphatic carbocycles. The maximum atomic E-state index is 11.7. The minimum absolute atomic E-state index is 0.684. The van der Waals surface area contributed by atoms with Gasteiger partial charge in [-0.2, -0.15) is 18.2 Å². The smallest absolute Gasteiger partial charge is 0.446 e. The van der Waals surface area contributed by atoms with Gasteiger partial charge in [-0.15, -0.1) is 0 Å². The van der Waals surface area contributed by atoms with Crippen LogP contribution in [0.25, 0.3) is 0 Å². The number of aliphatic hydroxyl groups is 2. The Morgan fingerprint density at radius 3 is 2.24 bits per heavy atom. The zero-order valence-corrected chi connectivity index (χ0v) is 16.5. The summed E-state index contributed by atoms with van der Waals surface area (Å²) in [6, 6.07) is 0.212. The molecule has 0 aromatic carbocycles. The first-order valence-electron chi connectivity index (χ1n) is 7.24. The Morgan fingerprint density at radius 2 is 1.69 bits per heavy atom. The van der Waals surface area contributed by atoms with E-state index in [2.05, 4.69) is 13.1 Å². The van der Waals surface area contributed by atoms with E-state index < -0.39 is 66.2 Å². The number of ether oxygens (including phenoxy) is 1. The molecule has 1 aliphatic rings. The van der Waals surface area contributed by atoms with Gasteiger partial charge in [-0.3, -0.25) is 4.52 Å². The van der Waals surface area contributed by atoms with Crippen molar-refractivity contribution in [3.63, 3.8) is 0 Å². The Kier molecular flexibility index (Phi) is 7.20. The third kappa shape index (κ3) is 6.73. The van der Waals surface area contributed by atoms with Crippen LogP contribution in [0, 0.1) is 0 Å². The highest BCUT2D eigenvalue weighted by Gasteiger charge is 2.49. The van der Waals surface area contributed by atoms with Crippen molar-refractivity contribution >= 4 is 23.5 Å². The van der Waals surface area contributed by atoms with E-state index in [9.17, 15) is 38.7 Å². The second-order valence-electron chi connectivity index (χ2n) is 5.47. The summed E-state index contributed by atoms with van der Waals surface area (Å²) in [4.78, 5) is 48.4. The van der Waals surface area contributed by atoms with Crippen molar-refractivity contribution in [3.8, 4) is 6.01 Å². The van der Waals surface area contributed by atoms with Crippen LogP contribution >= 0.6 is 23.5 Å². The molecule has 29 heavy (non-hydrogen) atoms. The van der Waals surface area contributed by atoms with Crippen LogP contribution in [0.4, 0.5) is 0 Å². The average Bonchev–Trinajstić information content (AvgIpc) is 2.78. The van der Waals surface area contributed by atoms with Gasteiger partial charge < -0.3 is 39.6 Å². The molecule has 1 fully saturated rings. The zero-order valence-electron chi connectivity index (χ0n) is 13.9. The molecule has 0 spiro atoms. The summed E-state index contributed by atoms with van der Waals surface area (Å²) < 4.78 is 50.8. The van der Waals surface area contributed by atoms with E-state index >= 15 is 0 Å². The average molecular weight is 485 g/mol. The molecule has 0 saturated carbocycles. The number of hydrogen-bond acceptors (Lipinski definition) is 11. The van der Waals surface area contributed by atoms with E-state index in [0.29, 0.717) is 0 Å². The minimum Gasteiger partial charge on any atom is -0.446 e. The lowest BCUT2D eigenvalue weighted by atomic mass is 10.1. The number of aliphatic hydroxyl groups excluding tert-OH is 2. The van der Waals surface area contributed by atoms with Crippen LogP contribution in [0.5, 0.6) is 6.01 Å². The van der Waals surface area contributed by atoms with E-state index in [-0.39, 0.29) is 0 Å². The van der Waals surface area contributed by atoms with Gasteiger partial charge in [-0.1, -0.05) is 0 Å². The summed E-state index contributed by atoms with van der Waals surface area (Å²) in [5.41, 5.74) is -0.684. The largest absolute Gasteiger partial charge is 0.490 e. The van der Waals surface area contributed by atoms with E-state index in [0.717, 1.165) is 16.8 Å². The van der Waals surface area contributed by atoms with Gasteiger partial charge in [-0.25, -0.2) is 18.5 Å². The topological polar surface area (TPSA) is 266 Å². The van der Waals surface area contributed by atoms with E-state index in [1.807, 2.05) is 4.98 Å². The molecular weight excluding hydrogens is 469 g/mol. The van der Waals surface area contributed by atoms with E-state index in [1.54, 1.807) is 0 Å². The third-order valence-electron chi connectivity index (χ3n) is 3.30. The van der Waals surface area contributed by atoms with Crippen molar-refractivity contribution < 1.29 is 71.0 Å². The normalized spacial score (nSPS) is 29.3. The van der Waals surface area contributed by atoms with Crippen molar-refractivity contribution in [1.29, 1.82) is 0 Å². The number of aromatic hydroxyl groups is 1. The molecular formula is C9H16N2O15P3+. The van der Waals surface area contributed by atoms with Crippen LogP contribution in [-0.4, -0.2) is 64.8 Å². The summed E-state index contributed by atoms with van der Waals surface area (Å²) >= 11 is 0. The lowest BCUT2D eigenvalue weighted by Gasteiger charge is -2.18. The maximum Gasteiger partial charge on any atom is 0.490 e.